The second-order valence-corrected chi connectivity index (χ2v) is 3.95. The average molecular weight is 238 g/mol. The van der Waals surface area contributed by atoms with Gasteiger partial charge in [0.1, 0.15) is 6.26 Å². The minimum absolute atomic E-state index is 0.0864. The van der Waals surface area contributed by atoms with E-state index in [1.165, 1.54) is 0 Å². The highest BCUT2D eigenvalue weighted by Gasteiger charge is 2.04. The van der Waals surface area contributed by atoms with Gasteiger partial charge in [-0.15, -0.1) is 0 Å². The highest BCUT2D eigenvalue weighted by Crippen LogP contribution is 2.14. The molecular formula is C12H12ClNO2. The van der Waals surface area contributed by atoms with Crippen molar-refractivity contribution in [2.24, 2.45) is 0 Å². The first-order valence-electron chi connectivity index (χ1n) is 5.06. The first kappa shape index (κ1) is 11.2. The number of rotatable bonds is 4. The Morgan fingerprint density at radius 1 is 1.38 bits per heavy atom. The first-order valence-corrected chi connectivity index (χ1v) is 5.44. The molecular weight excluding hydrogens is 226 g/mol. The summed E-state index contributed by atoms with van der Waals surface area (Å²) in [5.74, 6) is 0.644. The van der Waals surface area contributed by atoms with E-state index in [4.69, 9.17) is 21.1 Å². The predicted octanol–water partition coefficient (Wildman–Crippen LogP) is 2.45. The van der Waals surface area contributed by atoms with Gasteiger partial charge in [0.2, 0.25) is 0 Å². The Morgan fingerprint density at radius 3 is 3.00 bits per heavy atom. The maximum Gasteiger partial charge on any atom is 0.198 e. The Labute approximate surface area is 98.7 Å². The van der Waals surface area contributed by atoms with Crippen LogP contribution in [0.1, 0.15) is 17.1 Å². The van der Waals surface area contributed by atoms with Crippen LogP contribution in [-0.4, -0.2) is 16.7 Å². The van der Waals surface area contributed by atoms with Crippen LogP contribution >= 0.6 is 11.6 Å². The fourth-order valence-electron chi connectivity index (χ4n) is 1.48. The lowest BCUT2D eigenvalue weighted by Crippen LogP contribution is -1.92. The minimum atomic E-state index is 0.0864. The molecule has 0 fully saturated rings. The molecule has 4 heteroatoms. The largest absolute Gasteiger partial charge is 0.448 e. The normalized spacial score (nSPS) is 10.6. The number of hydrogen-bond acceptors (Lipinski definition) is 3. The van der Waals surface area contributed by atoms with Gasteiger partial charge in [0.15, 0.2) is 5.89 Å². The number of nitrogens with zero attached hydrogens (tertiary/aromatic N) is 1. The standard InChI is InChI=1S/C12H12ClNO2/c13-10-3-1-2-9(6-10)7-12-14-11(4-5-15)8-16-12/h1-3,6,8,15H,4-5,7H2. The number of halogens is 1. The summed E-state index contributed by atoms with van der Waals surface area (Å²) in [4.78, 5) is 4.26. The molecule has 0 unspecified atom stereocenters. The molecule has 0 saturated heterocycles. The molecule has 0 aliphatic heterocycles. The van der Waals surface area contributed by atoms with Gasteiger partial charge in [-0.05, 0) is 17.7 Å². The second kappa shape index (κ2) is 5.14. The van der Waals surface area contributed by atoms with Gasteiger partial charge in [0.25, 0.3) is 0 Å². The van der Waals surface area contributed by atoms with E-state index in [2.05, 4.69) is 4.98 Å². The second-order valence-electron chi connectivity index (χ2n) is 3.51. The van der Waals surface area contributed by atoms with E-state index in [0.29, 0.717) is 23.8 Å². The lowest BCUT2D eigenvalue weighted by atomic mass is 10.1. The van der Waals surface area contributed by atoms with E-state index >= 15 is 0 Å². The van der Waals surface area contributed by atoms with Crippen molar-refractivity contribution in [2.75, 3.05) is 6.61 Å². The summed E-state index contributed by atoms with van der Waals surface area (Å²) >= 11 is 5.88. The van der Waals surface area contributed by atoms with Gasteiger partial charge in [-0.25, -0.2) is 4.98 Å². The molecule has 0 amide bonds. The van der Waals surface area contributed by atoms with Gasteiger partial charge in [-0.2, -0.15) is 0 Å². The lowest BCUT2D eigenvalue weighted by molar-refractivity contribution is 0.298. The Bertz CT molecular complexity index is 468. The van der Waals surface area contributed by atoms with Crippen LogP contribution < -0.4 is 0 Å². The van der Waals surface area contributed by atoms with Crippen molar-refractivity contribution < 1.29 is 9.52 Å². The summed E-state index contributed by atoms with van der Waals surface area (Å²) in [7, 11) is 0. The number of hydrogen-bond donors (Lipinski definition) is 1. The van der Waals surface area contributed by atoms with E-state index in [0.717, 1.165) is 11.3 Å². The van der Waals surface area contributed by atoms with Crippen LogP contribution in [0.3, 0.4) is 0 Å². The summed E-state index contributed by atoms with van der Waals surface area (Å²) in [6.45, 7) is 0.0864. The zero-order valence-electron chi connectivity index (χ0n) is 8.69. The number of benzene rings is 1. The molecule has 1 N–H and O–H groups in total. The van der Waals surface area contributed by atoms with E-state index in [9.17, 15) is 0 Å². The summed E-state index contributed by atoms with van der Waals surface area (Å²) in [5.41, 5.74) is 1.84. The molecule has 0 spiro atoms. The van der Waals surface area contributed by atoms with Gasteiger partial charge in [0, 0.05) is 24.5 Å². The van der Waals surface area contributed by atoms with E-state index in [-0.39, 0.29) is 6.61 Å². The number of aliphatic hydroxyl groups excluding tert-OH is 1. The summed E-state index contributed by atoms with van der Waals surface area (Å²) < 4.78 is 5.30. The van der Waals surface area contributed by atoms with Crippen LogP contribution in [0.2, 0.25) is 5.02 Å². The molecule has 0 aliphatic carbocycles. The van der Waals surface area contributed by atoms with Crippen LogP contribution in [0.25, 0.3) is 0 Å². The summed E-state index contributed by atoms with van der Waals surface area (Å²) in [6, 6.07) is 7.59. The van der Waals surface area contributed by atoms with E-state index in [1.807, 2.05) is 24.3 Å². The first-order chi connectivity index (χ1) is 7.78. The van der Waals surface area contributed by atoms with Crippen LogP contribution in [0.5, 0.6) is 0 Å². The number of aliphatic hydroxyl groups is 1. The third-order valence-electron chi connectivity index (χ3n) is 2.21. The summed E-state index contributed by atoms with van der Waals surface area (Å²) in [6.07, 6.45) is 2.72. The van der Waals surface area contributed by atoms with Crippen molar-refractivity contribution in [1.82, 2.24) is 4.98 Å². The SMILES string of the molecule is OCCc1coc(Cc2cccc(Cl)c2)n1. The van der Waals surface area contributed by atoms with Crippen LogP contribution in [-0.2, 0) is 12.8 Å². The number of aromatic nitrogens is 1. The molecule has 0 bridgehead atoms. The van der Waals surface area contributed by atoms with E-state index in [1.54, 1.807) is 6.26 Å². The van der Waals surface area contributed by atoms with Crippen LogP contribution in [0.15, 0.2) is 34.9 Å². The van der Waals surface area contributed by atoms with Crippen LogP contribution in [0, 0.1) is 0 Å². The fourth-order valence-corrected chi connectivity index (χ4v) is 1.69. The number of oxazole rings is 1. The molecule has 84 valence electrons. The van der Waals surface area contributed by atoms with Gasteiger partial charge < -0.3 is 9.52 Å². The Morgan fingerprint density at radius 2 is 2.25 bits per heavy atom. The Kier molecular flexibility index (Phi) is 3.59. The molecule has 1 aromatic heterocycles. The summed E-state index contributed by atoms with van der Waals surface area (Å²) in [5, 5.41) is 9.46. The Hall–Kier alpha value is -1.32. The highest BCUT2D eigenvalue weighted by atomic mass is 35.5. The maximum absolute atomic E-state index is 8.76. The smallest absolute Gasteiger partial charge is 0.198 e. The third-order valence-corrected chi connectivity index (χ3v) is 2.45. The van der Waals surface area contributed by atoms with Gasteiger partial charge >= 0.3 is 0 Å². The van der Waals surface area contributed by atoms with Crippen molar-refractivity contribution in [3.63, 3.8) is 0 Å². The lowest BCUT2D eigenvalue weighted by Gasteiger charge is -1.97. The van der Waals surface area contributed by atoms with Crippen LogP contribution in [0.4, 0.5) is 0 Å². The van der Waals surface area contributed by atoms with Crippen molar-refractivity contribution in [2.45, 2.75) is 12.8 Å². The van der Waals surface area contributed by atoms with Crippen molar-refractivity contribution in [3.05, 3.63) is 52.7 Å². The molecule has 3 nitrogen and oxygen atoms in total. The monoisotopic (exact) mass is 237 g/mol. The molecule has 1 heterocycles. The maximum atomic E-state index is 8.76. The molecule has 0 saturated carbocycles. The van der Waals surface area contributed by atoms with Gasteiger partial charge in [-0.1, -0.05) is 23.7 Å². The quantitative estimate of drug-likeness (QED) is 0.889. The highest BCUT2D eigenvalue weighted by molar-refractivity contribution is 6.30. The third kappa shape index (κ3) is 2.84. The zero-order chi connectivity index (χ0) is 11.4. The molecule has 16 heavy (non-hydrogen) atoms. The minimum Gasteiger partial charge on any atom is -0.448 e. The molecule has 2 aromatic rings. The van der Waals surface area contributed by atoms with E-state index < -0.39 is 0 Å². The topological polar surface area (TPSA) is 46.3 Å². The Balaban J connectivity index is 2.08. The van der Waals surface area contributed by atoms with Gasteiger partial charge in [-0.3, -0.25) is 0 Å². The molecule has 0 radical (unpaired) electrons. The molecule has 0 aliphatic rings. The molecule has 2 rings (SSSR count). The van der Waals surface area contributed by atoms with Gasteiger partial charge in [0.05, 0.1) is 5.69 Å². The van der Waals surface area contributed by atoms with Crippen molar-refractivity contribution >= 4 is 11.6 Å². The van der Waals surface area contributed by atoms with Crippen molar-refractivity contribution in [1.29, 1.82) is 0 Å². The zero-order valence-corrected chi connectivity index (χ0v) is 9.44. The average Bonchev–Trinajstić information content (AvgIpc) is 2.66. The fraction of sp³-hybridized carbons (Fsp3) is 0.250. The predicted molar refractivity (Wildman–Crippen MR) is 61.6 cm³/mol. The van der Waals surface area contributed by atoms with Crippen molar-refractivity contribution in [3.8, 4) is 0 Å². The molecule has 0 atom stereocenters. The molecule has 1 aromatic carbocycles.